The van der Waals surface area contributed by atoms with Crippen molar-refractivity contribution in [3.63, 3.8) is 0 Å². The first-order valence-corrected chi connectivity index (χ1v) is 7.67. The smallest absolute Gasteiger partial charge is 0.210 e. The van der Waals surface area contributed by atoms with Crippen LogP contribution >= 0.6 is 24.0 Å². The molecule has 0 fully saturated rings. The van der Waals surface area contributed by atoms with Gasteiger partial charge in [0.25, 0.3) is 0 Å². The van der Waals surface area contributed by atoms with Gasteiger partial charge < -0.3 is 11.1 Å². The van der Waals surface area contributed by atoms with E-state index in [-0.39, 0.29) is 42.2 Å². The van der Waals surface area contributed by atoms with E-state index in [2.05, 4.69) is 24.2 Å². The van der Waals surface area contributed by atoms with Crippen molar-refractivity contribution in [2.75, 3.05) is 17.6 Å². The van der Waals surface area contributed by atoms with Crippen molar-refractivity contribution in [1.29, 1.82) is 0 Å². The monoisotopic (exact) mass is 412 g/mol. The number of sulfonamides is 1. The number of halogens is 1. The van der Waals surface area contributed by atoms with Gasteiger partial charge in [-0.25, -0.2) is 13.6 Å². The summed E-state index contributed by atoms with van der Waals surface area (Å²) in [6.45, 7) is 4.24. The predicted molar refractivity (Wildman–Crippen MR) is 94.0 cm³/mol. The van der Waals surface area contributed by atoms with Gasteiger partial charge in [-0.05, 0) is 23.6 Å². The number of aliphatic imine (C=N–C) groups is 1. The van der Waals surface area contributed by atoms with Gasteiger partial charge in [-0.15, -0.1) is 24.0 Å². The maximum absolute atomic E-state index is 10.7. The third-order valence-corrected chi connectivity index (χ3v) is 3.24. The molecule has 0 heterocycles. The number of hydrogen-bond donors (Lipinski definition) is 3. The summed E-state index contributed by atoms with van der Waals surface area (Å²) in [5.74, 6) is 0.369. The van der Waals surface area contributed by atoms with E-state index in [4.69, 9.17) is 10.9 Å². The van der Waals surface area contributed by atoms with Crippen molar-refractivity contribution in [2.45, 2.75) is 19.8 Å². The van der Waals surface area contributed by atoms with Crippen LogP contribution in [0, 0.1) is 0 Å². The van der Waals surface area contributed by atoms with Crippen molar-refractivity contribution < 1.29 is 8.42 Å². The second-order valence-electron chi connectivity index (χ2n) is 4.54. The summed E-state index contributed by atoms with van der Waals surface area (Å²) in [6, 6.07) is 7.81. The molecule has 0 saturated carbocycles. The van der Waals surface area contributed by atoms with Crippen LogP contribution in [0.5, 0.6) is 0 Å². The highest BCUT2D eigenvalue weighted by Crippen LogP contribution is 2.18. The van der Waals surface area contributed by atoms with Gasteiger partial charge in [0, 0.05) is 5.69 Å². The molecule has 114 valence electrons. The summed E-state index contributed by atoms with van der Waals surface area (Å²) in [4.78, 5) is 3.90. The molecule has 0 bridgehead atoms. The fourth-order valence-corrected chi connectivity index (χ4v) is 1.80. The molecule has 0 aliphatic carbocycles. The molecule has 8 heteroatoms. The molecule has 0 aliphatic heterocycles. The quantitative estimate of drug-likeness (QED) is 0.386. The molecular weight excluding hydrogens is 391 g/mol. The van der Waals surface area contributed by atoms with Crippen LogP contribution in [-0.2, 0) is 10.0 Å². The zero-order chi connectivity index (χ0) is 14.5. The number of nitrogens with two attached hydrogens (primary N) is 2. The third kappa shape index (κ3) is 7.65. The van der Waals surface area contributed by atoms with Gasteiger partial charge in [0.15, 0.2) is 5.96 Å². The molecule has 20 heavy (non-hydrogen) atoms. The number of anilines is 1. The van der Waals surface area contributed by atoms with Crippen LogP contribution in [0.2, 0.25) is 0 Å². The Bertz CT molecular complexity index is 558. The molecule has 0 aromatic heterocycles. The van der Waals surface area contributed by atoms with E-state index >= 15 is 0 Å². The minimum atomic E-state index is -3.50. The molecule has 0 unspecified atom stereocenters. The predicted octanol–water partition coefficient (Wildman–Crippen LogP) is 1.44. The van der Waals surface area contributed by atoms with E-state index < -0.39 is 10.0 Å². The van der Waals surface area contributed by atoms with E-state index in [1.807, 2.05) is 24.3 Å². The minimum Gasteiger partial charge on any atom is -0.370 e. The Hall–Kier alpha value is -0.870. The number of guanidine groups is 1. The van der Waals surface area contributed by atoms with Gasteiger partial charge in [-0.1, -0.05) is 26.0 Å². The lowest BCUT2D eigenvalue weighted by molar-refractivity contribution is 0.597. The summed E-state index contributed by atoms with van der Waals surface area (Å²) in [5, 5.41) is 7.78. The Morgan fingerprint density at radius 2 is 2.05 bits per heavy atom. The van der Waals surface area contributed by atoms with E-state index in [1.54, 1.807) is 0 Å². The highest BCUT2D eigenvalue weighted by Gasteiger charge is 2.03. The Labute approximate surface area is 137 Å². The highest BCUT2D eigenvalue weighted by molar-refractivity contribution is 14.0. The average molecular weight is 412 g/mol. The van der Waals surface area contributed by atoms with E-state index in [1.165, 1.54) is 5.56 Å². The molecule has 1 rings (SSSR count). The van der Waals surface area contributed by atoms with Crippen molar-refractivity contribution >= 4 is 45.6 Å². The largest absolute Gasteiger partial charge is 0.370 e. The first-order chi connectivity index (χ1) is 8.78. The van der Waals surface area contributed by atoms with Gasteiger partial charge in [-0.3, -0.25) is 4.99 Å². The number of benzene rings is 1. The van der Waals surface area contributed by atoms with Crippen LogP contribution in [0.25, 0.3) is 0 Å². The van der Waals surface area contributed by atoms with Crippen LogP contribution in [0.15, 0.2) is 29.3 Å². The Kier molecular flexibility index (Phi) is 8.06. The standard InChI is InChI=1S/C12H20N4O2S.HI/c1-9(2)10-4-3-5-11(8-10)16-12(13)15-6-7-19(14,17)18;/h3-5,8-9H,6-7H2,1-2H3,(H3,13,15,16)(H2,14,17,18);1H. The van der Waals surface area contributed by atoms with Gasteiger partial charge in [0.2, 0.25) is 10.0 Å². The summed E-state index contributed by atoms with van der Waals surface area (Å²) in [5.41, 5.74) is 7.67. The van der Waals surface area contributed by atoms with Gasteiger partial charge >= 0.3 is 0 Å². The summed E-state index contributed by atoms with van der Waals surface area (Å²) in [7, 11) is -3.50. The molecule has 6 nitrogen and oxygen atoms in total. The molecule has 0 aliphatic rings. The molecule has 0 atom stereocenters. The van der Waals surface area contributed by atoms with Crippen LogP contribution in [0.4, 0.5) is 5.69 Å². The van der Waals surface area contributed by atoms with Gasteiger partial charge in [-0.2, -0.15) is 0 Å². The topological polar surface area (TPSA) is 111 Å². The number of nitrogens with zero attached hydrogens (tertiary/aromatic N) is 1. The van der Waals surface area contributed by atoms with E-state index in [0.29, 0.717) is 5.92 Å². The zero-order valence-corrected chi connectivity index (χ0v) is 14.7. The van der Waals surface area contributed by atoms with E-state index in [0.717, 1.165) is 5.69 Å². The number of rotatable bonds is 5. The Morgan fingerprint density at radius 3 is 2.60 bits per heavy atom. The third-order valence-electron chi connectivity index (χ3n) is 2.48. The minimum absolute atomic E-state index is 0. The first-order valence-electron chi connectivity index (χ1n) is 5.95. The molecule has 0 saturated heterocycles. The zero-order valence-electron chi connectivity index (χ0n) is 11.5. The van der Waals surface area contributed by atoms with Crippen LogP contribution in [0.3, 0.4) is 0 Å². The fraction of sp³-hybridized carbons (Fsp3) is 0.417. The maximum atomic E-state index is 10.7. The molecule has 0 amide bonds. The Morgan fingerprint density at radius 1 is 1.40 bits per heavy atom. The number of primary sulfonamides is 1. The summed E-state index contributed by atoms with van der Waals surface area (Å²) in [6.07, 6.45) is 0. The molecular formula is C12H21IN4O2S. The second-order valence-corrected chi connectivity index (χ2v) is 6.27. The SMILES string of the molecule is CC(C)c1cccc(NC(N)=NCCS(N)(=O)=O)c1.I. The van der Waals surface area contributed by atoms with Crippen molar-refractivity contribution in [3.8, 4) is 0 Å². The lowest BCUT2D eigenvalue weighted by Gasteiger charge is -2.09. The van der Waals surface area contributed by atoms with Crippen molar-refractivity contribution in [2.24, 2.45) is 15.9 Å². The lowest BCUT2D eigenvalue weighted by atomic mass is 10.0. The van der Waals surface area contributed by atoms with E-state index in [9.17, 15) is 8.42 Å². The molecule has 5 N–H and O–H groups in total. The van der Waals surface area contributed by atoms with Gasteiger partial charge in [0.05, 0.1) is 12.3 Å². The van der Waals surface area contributed by atoms with Crippen molar-refractivity contribution in [3.05, 3.63) is 29.8 Å². The summed E-state index contributed by atoms with van der Waals surface area (Å²) >= 11 is 0. The lowest BCUT2D eigenvalue weighted by Crippen LogP contribution is -2.25. The first kappa shape index (κ1) is 19.1. The van der Waals surface area contributed by atoms with Crippen LogP contribution in [-0.4, -0.2) is 26.7 Å². The molecule has 1 aromatic rings. The van der Waals surface area contributed by atoms with Gasteiger partial charge in [0.1, 0.15) is 0 Å². The van der Waals surface area contributed by atoms with Crippen molar-refractivity contribution in [1.82, 2.24) is 0 Å². The van der Waals surface area contributed by atoms with Crippen LogP contribution in [0.1, 0.15) is 25.3 Å². The number of hydrogen-bond acceptors (Lipinski definition) is 3. The fourth-order valence-electron chi connectivity index (χ4n) is 1.46. The average Bonchev–Trinajstić information content (AvgIpc) is 2.27. The number of nitrogens with one attached hydrogen (secondary N) is 1. The maximum Gasteiger partial charge on any atom is 0.210 e. The molecule has 0 spiro atoms. The van der Waals surface area contributed by atoms with Crippen LogP contribution < -0.4 is 16.2 Å². The normalized spacial score (nSPS) is 12.1. The Balaban J connectivity index is 0.00000361. The highest BCUT2D eigenvalue weighted by atomic mass is 127. The second kappa shape index (κ2) is 8.42. The molecule has 0 radical (unpaired) electrons. The molecule has 1 aromatic carbocycles. The summed E-state index contributed by atoms with van der Waals surface area (Å²) < 4.78 is 21.5.